The molecule has 0 atom stereocenters. The van der Waals surface area contributed by atoms with Gasteiger partial charge >= 0.3 is 0 Å². The summed E-state index contributed by atoms with van der Waals surface area (Å²) in [6.45, 7) is 0. The van der Waals surface area contributed by atoms with E-state index in [1.807, 2.05) is 0 Å². The smallest absolute Gasteiger partial charge is 0.0197 e. The first-order valence-electron chi connectivity index (χ1n) is 3.56. The van der Waals surface area contributed by atoms with Crippen molar-refractivity contribution in [3.63, 3.8) is 0 Å². The van der Waals surface area contributed by atoms with Crippen LogP contribution < -0.4 is 0 Å². The Morgan fingerprint density at radius 1 is 1.38 bits per heavy atom. The van der Waals surface area contributed by atoms with Gasteiger partial charge in [0, 0.05) is 0 Å². The molecule has 43 valence electrons. The van der Waals surface area contributed by atoms with Crippen LogP contribution in [-0.4, -0.2) is 0 Å². The fourth-order valence-corrected chi connectivity index (χ4v) is 1.37. The predicted molar refractivity (Wildman–Crippen MR) is 33.3 cm³/mol. The van der Waals surface area contributed by atoms with Gasteiger partial charge in [0.15, 0.2) is 0 Å². The maximum Gasteiger partial charge on any atom is -0.0197 e. The molecule has 0 aromatic carbocycles. The SMILES string of the molecule is [C]1=C(C2CCC2)CC1. The summed E-state index contributed by atoms with van der Waals surface area (Å²) >= 11 is 0. The summed E-state index contributed by atoms with van der Waals surface area (Å²) in [5, 5.41) is 0. The third kappa shape index (κ3) is 0.521. The van der Waals surface area contributed by atoms with Crippen molar-refractivity contribution in [1.29, 1.82) is 0 Å². The minimum Gasteiger partial charge on any atom is -0.0633 e. The Balaban J connectivity index is 1.96. The fourth-order valence-electron chi connectivity index (χ4n) is 1.37. The third-order valence-corrected chi connectivity index (χ3v) is 2.34. The van der Waals surface area contributed by atoms with E-state index in [1.54, 1.807) is 5.57 Å². The highest BCUT2D eigenvalue weighted by atomic mass is 14.3. The molecule has 1 saturated carbocycles. The molecule has 2 aliphatic carbocycles. The van der Waals surface area contributed by atoms with Gasteiger partial charge in [-0.25, -0.2) is 0 Å². The highest BCUT2D eigenvalue weighted by Gasteiger charge is 2.23. The van der Waals surface area contributed by atoms with Crippen molar-refractivity contribution >= 4 is 0 Å². The zero-order chi connectivity index (χ0) is 5.40. The zero-order valence-corrected chi connectivity index (χ0v) is 5.11. The molecule has 0 aromatic rings. The Morgan fingerprint density at radius 2 is 2.12 bits per heavy atom. The minimum absolute atomic E-state index is 0.990. The Bertz CT molecular complexity index is 118. The highest BCUT2D eigenvalue weighted by Crippen LogP contribution is 2.38. The van der Waals surface area contributed by atoms with Crippen molar-refractivity contribution in [2.24, 2.45) is 5.92 Å². The first-order chi connectivity index (χ1) is 3.97. The van der Waals surface area contributed by atoms with Crippen molar-refractivity contribution in [3.05, 3.63) is 11.6 Å². The lowest BCUT2D eigenvalue weighted by Crippen LogP contribution is -2.17. The normalized spacial score (nSPS) is 28.2. The summed E-state index contributed by atoms with van der Waals surface area (Å²) in [7, 11) is 0. The molecule has 2 rings (SSSR count). The van der Waals surface area contributed by atoms with E-state index in [1.165, 1.54) is 32.1 Å². The van der Waals surface area contributed by atoms with Gasteiger partial charge in [-0.2, -0.15) is 0 Å². The first kappa shape index (κ1) is 4.60. The molecular formula is C8H11. The molecule has 0 heterocycles. The Morgan fingerprint density at radius 3 is 2.25 bits per heavy atom. The van der Waals surface area contributed by atoms with E-state index < -0.39 is 0 Å². The van der Waals surface area contributed by atoms with Crippen LogP contribution in [0.15, 0.2) is 5.57 Å². The molecule has 0 saturated heterocycles. The summed E-state index contributed by atoms with van der Waals surface area (Å²) < 4.78 is 0. The summed E-state index contributed by atoms with van der Waals surface area (Å²) in [6, 6.07) is 0. The van der Waals surface area contributed by atoms with Crippen molar-refractivity contribution < 1.29 is 0 Å². The Labute approximate surface area is 50.6 Å². The van der Waals surface area contributed by atoms with E-state index in [9.17, 15) is 0 Å². The second-order valence-electron chi connectivity index (χ2n) is 2.83. The first-order valence-corrected chi connectivity index (χ1v) is 3.56. The highest BCUT2D eigenvalue weighted by molar-refractivity contribution is 5.12. The topological polar surface area (TPSA) is 0 Å². The molecule has 1 fully saturated rings. The van der Waals surface area contributed by atoms with Crippen LogP contribution in [0.1, 0.15) is 32.1 Å². The lowest BCUT2D eigenvalue weighted by Gasteiger charge is -2.31. The quantitative estimate of drug-likeness (QED) is 0.482. The predicted octanol–water partition coefficient (Wildman–Crippen LogP) is 2.31. The average molecular weight is 107 g/mol. The van der Waals surface area contributed by atoms with Crippen LogP contribution in [0, 0.1) is 12.0 Å². The van der Waals surface area contributed by atoms with Gasteiger partial charge in [-0.15, -0.1) is 0 Å². The zero-order valence-electron chi connectivity index (χ0n) is 5.11. The molecule has 2 aliphatic rings. The van der Waals surface area contributed by atoms with Crippen molar-refractivity contribution in [2.45, 2.75) is 32.1 Å². The summed E-state index contributed by atoms with van der Waals surface area (Å²) in [5.41, 5.74) is 1.65. The Hall–Kier alpha value is -0.260. The lowest BCUT2D eigenvalue weighted by atomic mass is 9.74. The maximum absolute atomic E-state index is 3.36. The van der Waals surface area contributed by atoms with E-state index in [0.717, 1.165) is 5.92 Å². The van der Waals surface area contributed by atoms with Gasteiger partial charge in [0.2, 0.25) is 0 Å². The molecule has 0 N–H and O–H groups in total. The fraction of sp³-hybridized carbons (Fsp3) is 0.750. The van der Waals surface area contributed by atoms with Crippen LogP contribution in [-0.2, 0) is 0 Å². The number of allylic oxidation sites excluding steroid dienone is 2. The summed E-state index contributed by atoms with van der Waals surface area (Å²) in [4.78, 5) is 0. The number of hydrogen-bond acceptors (Lipinski definition) is 0. The minimum atomic E-state index is 0.990. The molecular weight excluding hydrogens is 96.1 g/mol. The van der Waals surface area contributed by atoms with E-state index in [4.69, 9.17) is 0 Å². The second-order valence-corrected chi connectivity index (χ2v) is 2.83. The van der Waals surface area contributed by atoms with Crippen molar-refractivity contribution in [3.8, 4) is 0 Å². The molecule has 0 nitrogen and oxygen atoms in total. The molecule has 0 heteroatoms. The third-order valence-electron chi connectivity index (χ3n) is 2.34. The van der Waals surface area contributed by atoms with Crippen LogP contribution in [0.25, 0.3) is 0 Å². The number of hydrogen-bond donors (Lipinski definition) is 0. The summed E-state index contributed by atoms with van der Waals surface area (Å²) in [5.74, 6) is 0.990. The van der Waals surface area contributed by atoms with Gasteiger partial charge in [0.1, 0.15) is 0 Å². The molecule has 1 radical (unpaired) electrons. The van der Waals surface area contributed by atoms with Gasteiger partial charge in [0.05, 0.1) is 0 Å². The van der Waals surface area contributed by atoms with E-state index in [-0.39, 0.29) is 0 Å². The Kier molecular flexibility index (Phi) is 0.927. The average Bonchev–Trinajstić information content (AvgIpc) is 1.47. The molecule has 0 aromatic heterocycles. The standard InChI is InChI=1S/C8H11/c1-3-7(4-1)8-5-2-6-8/h7H,1-5H2. The second kappa shape index (κ2) is 1.61. The van der Waals surface area contributed by atoms with E-state index >= 15 is 0 Å². The van der Waals surface area contributed by atoms with Gasteiger partial charge in [-0.1, -0.05) is 12.0 Å². The monoisotopic (exact) mass is 107 g/mol. The van der Waals surface area contributed by atoms with Crippen LogP contribution in [0.4, 0.5) is 0 Å². The molecule has 0 amide bonds. The van der Waals surface area contributed by atoms with Crippen molar-refractivity contribution in [2.75, 3.05) is 0 Å². The van der Waals surface area contributed by atoms with E-state index in [2.05, 4.69) is 6.08 Å². The maximum atomic E-state index is 3.36. The van der Waals surface area contributed by atoms with Crippen LogP contribution in [0.5, 0.6) is 0 Å². The number of rotatable bonds is 1. The molecule has 0 spiro atoms. The molecule has 0 aliphatic heterocycles. The van der Waals surface area contributed by atoms with Gasteiger partial charge in [0.25, 0.3) is 0 Å². The van der Waals surface area contributed by atoms with Gasteiger partial charge in [-0.3, -0.25) is 0 Å². The van der Waals surface area contributed by atoms with Gasteiger partial charge in [-0.05, 0) is 37.7 Å². The molecule has 0 bridgehead atoms. The van der Waals surface area contributed by atoms with Crippen LogP contribution in [0.2, 0.25) is 0 Å². The summed E-state index contributed by atoms with van der Waals surface area (Å²) in [6.07, 6.45) is 10.4. The van der Waals surface area contributed by atoms with Crippen LogP contribution in [0.3, 0.4) is 0 Å². The van der Waals surface area contributed by atoms with Crippen LogP contribution >= 0.6 is 0 Å². The lowest BCUT2D eigenvalue weighted by molar-refractivity contribution is 0.347. The van der Waals surface area contributed by atoms with Gasteiger partial charge < -0.3 is 0 Å². The van der Waals surface area contributed by atoms with E-state index in [0.29, 0.717) is 0 Å². The molecule has 8 heavy (non-hydrogen) atoms. The largest absolute Gasteiger partial charge is 0.0633 e. The molecule has 0 unspecified atom stereocenters. The van der Waals surface area contributed by atoms with Crippen molar-refractivity contribution in [1.82, 2.24) is 0 Å².